The number of nitrogens with zero attached hydrogens (tertiary/aromatic N) is 2. The van der Waals surface area contributed by atoms with Crippen molar-refractivity contribution >= 4 is 17.5 Å². The molecule has 0 radical (unpaired) electrons. The first kappa shape index (κ1) is 22.8. The van der Waals surface area contributed by atoms with Gasteiger partial charge in [-0.05, 0) is 36.4 Å². The van der Waals surface area contributed by atoms with Gasteiger partial charge in [0.15, 0.2) is 0 Å². The van der Waals surface area contributed by atoms with Crippen LogP contribution in [0.25, 0.3) is 11.3 Å². The zero-order valence-electron chi connectivity index (χ0n) is 16.5. The van der Waals surface area contributed by atoms with Crippen molar-refractivity contribution in [1.82, 2.24) is 9.97 Å². The quantitative estimate of drug-likeness (QED) is 0.443. The van der Waals surface area contributed by atoms with Crippen molar-refractivity contribution in [3.63, 3.8) is 0 Å². The van der Waals surface area contributed by atoms with Crippen LogP contribution in [0.15, 0.2) is 60.9 Å². The summed E-state index contributed by atoms with van der Waals surface area (Å²) in [7, 11) is 0. The van der Waals surface area contributed by atoms with E-state index in [1.807, 2.05) is 6.07 Å². The van der Waals surface area contributed by atoms with Gasteiger partial charge < -0.3 is 24.6 Å². The maximum Gasteiger partial charge on any atom is 0.573 e. The maximum absolute atomic E-state index is 12.3. The van der Waals surface area contributed by atoms with E-state index in [0.717, 1.165) is 5.56 Å². The van der Waals surface area contributed by atoms with Crippen molar-refractivity contribution in [2.75, 3.05) is 25.1 Å². The molecule has 2 aromatic carbocycles. The van der Waals surface area contributed by atoms with Gasteiger partial charge in [0, 0.05) is 17.3 Å². The van der Waals surface area contributed by atoms with Gasteiger partial charge in [0.1, 0.15) is 36.9 Å². The van der Waals surface area contributed by atoms with Gasteiger partial charge in [-0.25, -0.2) is 14.8 Å². The third kappa shape index (κ3) is 7.43. The average Bonchev–Trinajstić information content (AvgIpc) is 2.74. The fourth-order valence-electron chi connectivity index (χ4n) is 2.59. The van der Waals surface area contributed by atoms with Crippen molar-refractivity contribution in [2.45, 2.75) is 6.36 Å². The Bertz CT molecular complexity index is 1050. The first-order valence-corrected chi connectivity index (χ1v) is 9.26. The van der Waals surface area contributed by atoms with Crippen LogP contribution < -0.4 is 14.8 Å². The summed E-state index contributed by atoms with van der Waals surface area (Å²) in [5.41, 5.74) is 1.85. The van der Waals surface area contributed by atoms with Gasteiger partial charge in [0.2, 0.25) is 0 Å². The van der Waals surface area contributed by atoms with Crippen LogP contribution in [0.4, 0.5) is 24.7 Å². The number of halogens is 3. The summed E-state index contributed by atoms with van der Waals surface area (Å²) in [6.45, 7) is -0.0789. The number of ether oxygens (including phenoxy) is 3. The topological polar surface area (TPSA) is 103 Å². The molecule has 0 aliphatic rings. The number of carboxylic acid groups (broad SMARTS) is 1. The van der Waals surface area contributed by atoms with E-state index in [4.69, 9.17) is 14.6 Å². The molecule has 0 unspecified atom stereocenters. The summed E-state index contributed by atoms with van der Waals surface area (Å²) in [5, 5.41) is 11.5. The van der Waals surface area contributed by atoms with Gasteiger partial charge in [0.25, 0.3) is 0 Å². The molecule has 3 rings (SSSR count). The smallest absolute Gasteiger partial charge is 0.491 e. The molecule has 8 nitrogen and oxygen atoms in total. The van der Waals surface area contributed by atoms with Crippen molar-refractivity contribution in [2.24, 2.45) is 0 Å². The Labute approximate surface area is 180 Å². The normalized spacial score (nSPS) is 11.1. The highest BCUT2D eigenvalue weighted by molar-refractivity contribution is 5.68. The lowest BCUT2D eigenvalue weighted by molar-refractivity contribution is -0.274. The Kier molecular flexibility index (Phi) is 7.45. The van der Waals surface area contributed by atoms with Gasteiger partial charge in [-0.3, -0.25) is 0 Å². The van der Waals surface area contributed by atoms with Gasteiger partial charge in [-0.1, -0.05) is 12.1 Å². The minimum atomic E-state index is -4.75. The lowest BCUT2D eigenvalue weighted by Crippen LogP contribution is -2.16. The zero-order chi connectivity index (χ0) is 23.0. The second-order valence-electron chi connectivity index (χ2n) is 6.31. The van der Waals surface area contributed by atoms with E-state index in [2.05, 4.69) is 20.0 Å². The summed E-state index contributed by atoms with van der Waals surface area (Å²) in [6, 6.07) is 14.0. The number of carbonyl (C=O) groups is 1. The second-order valence-corrected chi connectivity index (χ2v) is 6.31. The van der Waals surface area contributed by atoms with Crippen molar-refractivity contribution in [3.05, 3.63) is 60.9 Å². The molecular formula is C21H18F3N3O5. The first-order chi connectivity index (χ1) is 15.3. The largest absolute Gasteiger partial charge is 0.573 e. The average molecular weight is 449 g/mol. The van der Waals surface area contributed by atoms with E-state index >= 15 is 0 Å². The summed E-state index contributed by atoms with van der Waals surface area (Å²) in [5.74, 6) is -0.384. The highest BCUT2D eigenvalue weighted by Crippen LogP contribution is 2.27. The molecule has 0 saturated heterocycles. The van der Waals surface area contributed by atoms with Crippen molar-refractivity contribution < 1.29 is 37.3 Å². The van der Waals surface area contributed by atoms with Crippen LogP contribution in [0.1, 0.15) is 0 Å². The molecule has 3 aromatic rings. The van der Waals surface area contributed by atoms with E-state index in [9.17, 15) is 18.0 Å². The predicted molar refractivity (Wildman–Crippen MR) is 108 cm³/mol. The highest BCUT2D eigenvalue weighted by atomic mass is 19.4. The number of hydrogen-bond donors (Lipinski definition) is 2. The Morgan fingerprint density at radius 1 is 1.00 bits per heavy atom. The fourth-order valence-corrected chi connectivity index (χ4v) is 2.59. The molecule has 0 bridgehead atoms. The SMILES string of the molecule is O=C(O)COCCOc1cccc(-c2cc(Nc3ccc(OC(F)(F)F)cc3)ncn2)c1. The van der Waals surface area contributed by atoms with Crippen LogP contribution in [-0.2, 0) is 9.53 Å². The predicted octanol–water partition coefficient (Wildman–Crippen LogP) is 4.27. The molecule has 0 saturated carbocycles. The Morgan fingerprint density at radius 3 is 2.50 bits per heavy atom. The molecule has 1 heterocycles. The maximum atomic E-state index is 12.3. The molecule has 0 aliphatic carbocycles. The van der Waals surface area contributed by atoms with Crippen molar-refractivity contribution in [1.29, 1.82) is 0 Å². The molecular weight excluding hydrogens is 431 g/mol. The molecule has 0 fully saturated rings. The number of carboxylic acids is 1. The number of hydrogen-bond acceptors (Lipinski definition) is 7. The molecule has 0 spiro atoms. The molecule has 0 atom stereocenters. The summed E-state index contributed by atoms with van der Waals surface area (Å²) in [6.07, 6.45) is -3.40. The minimum absolute atomic E-state index is 0.130. The molecule has 32 heavy (non-hydrogen) atoms. The van der Waals surface area contributed by atoms with E-state index in [0.29, 0.717) is 22.9 Å². The Morgan fingerprint density at radius 2 is 1.78 bits per heavy atom. The molecule has 168 valence electrons. The standard InChI is InChI=1S/C21H18F3N3O5/c22-21(23,24)32-16-6-4-15(5-7-16)27-19-11-18(25-13-26-19)14-2-1-3-17(10-14)31-9-8-30-12-20(28)29/h1-7,10-11,13H,8-9,12H2,(H,28,29)(H,25,26,27). The first-order valence-electron chi connectivity index (χ1n) is 9.26. The third-order valence-corrected chi connectivity index (χ3v) is 3.88. The lowest BCUT2D eigenvalue weighted by Gasteiger charge is -2.11. The van der Waals surface area contributed by atoms with E-state index in [1.165, 1.54) is 30.6 Å². The molecule has 2 N–H and O–H groups in total. The van der Waals surface area contributed by atoms with Crippen LogP contribution in [0, 0.1) is 0 Å². The van der Waals surface area contributed by atoms with E-state index in [1.54, 1.807) is 24.3 Å². The number of anilines is 2. The van der Waals surface area contributed by atoms with Crippen LogP contribution in [-0.4, -0.2) is 47.2 Å². The molecule has 1 aromatic heterocycles. The number of aromatic nitrogens is 2. The number of nitrogens with one attached hydrogen (secondary N) is 1. The summed E-state index contributed by atoms with van der Waals surface area (Å²) in [4.78, 5) is 18.8. The van der Waals surface area contributed by atoms with E-state index < -0.39 is 18.9 Å². The van der Waals surface area contributed by atoms with Crippen LogP contribution >= 0.6 is 0 Å². The van der Waals surface area contributed by atoms with Crippen molar-refractivity contribution in [3.8, 4) is 22.8 Å². The Balaban J connectivity index is 1.62. The Hall–Kier alpha value is -3.86. The second kappa shape index (κ2) is 10.4. The van der Waals surface area contributed by atoms with Crippen LogP contribution in [0.3, 0.4) is 0 Å². The van der Waals surface area contributed by atoms with E-state index in [-0.39, 0.29) is 19.0 Å². The van der Waals surface area contributed by atoms with Gasteiger partial charge in [0.05, 0.1) is 12.3 Å². The van der Waals surface area contributed by atoms with Crippen LogP contribution in [0.2, 0.25) is 0 Å². The number of benzene rings is 2. The molecule has 11 heteroatoms. The van der Waals surface area contributed by atoms with Gasteiger partial charge in [-0.2, -0.15) is 0 Å². The highest BCUT2D eigenvalue weighted by Gasteiger charge is 2.30. The zero-order valence-corrected chi connectivity index (χ0v) is 16.5. The number of alkyl halides is 3. The monoisotopic (exact) mass is 449 g/mol. The molecule has 0 aliphatic heterocycles. The fraction of sp³-hybridized carbons (Fsp3) is 0.190. The molecule has 0 amide bonds. The third-order valence-electron chi connectivity index (χ3n) is 3.88. The van der Waals surface area contributed by atoms with Gasteiger partial charge >= 0.3 is 12.3 Å². The number of rotatable bonds is 10. The summed E-state index contributed by atoms with van der Waals surface area (Å²) < 4.78 is 51.1. The van der Waals surface area contributed by atoms with Crippen LogP contribution in [0.5, 0.6) is 11.5 Å². The lowest BCUT2D eigenvalue weighted by atomic mass is 10.1. The van der Waals surface area contributed by atoms with Gasteiger partial charge in [-0.15, -0.1) is 13.2 Å². The summed E-state index contributed by atoms with van der Waals surface area (Å²) >= 11 is 0. The number of aliphatic carboxylic acids is 1. The minimum Gasteiger partial charge on any atom is -0.491 e.